The minimum Gasteiger partial charge on any atom is -0.378 e. The van der Waals surface area contributed by atoms with Crippen molar-refractivity contribution in [1.29, 1.82) is 0 Å². The van der Waals surface area contributed by atoms with Crippen LogP contribution in [-0.2, 0) is 21.4 Å². The van der Waals surface area contributed by atoms with E-state index in [9.17, 15) is 13.2 Å². The van der Waals surface area contributed by atoms with Crippen LogP contribution < -0.4 is 10.2 Å². The van der Waals surface area contributed by atoms with Gasteiger partial charge in [0, 0.05) is 57.4 Å². The smallest absolute Gasteiger partial charge is 0.225 e. The summed E-state index contributed by atoms with van der Waals surface area (Å²) in [7, 11) is 0.453. The third-order valence-electron chi connectivity index (χ3n) is 3.81. The molecule has 1 aromatic heterocycles. The summed E-state index contributed by atoms with van der Waals surface area (Å²) in [6.45, 7) is 0.298. The molecule has 7 nitrogen and oxygen atoms in total. The van der Waals surface area contributed by atoms with Crippen LogP contribution in [0.4, 0.5) is 11.4 Å². The van der Waals surface area contributed by atoms with Gasteiger partial charge in [-0.15, -0.1) is 0 Å². The first-order chi connectivity index (χ1) is 12.3. The maximum absolute atomic E-state index is 12.2. The van der Waals surface area contributed by atoms with Crippen molar-refractivity contribution in [3.8, 4) is 0 Å². The molecule has 0 spiro atoms. The molecule has 0 saturated carbocycles. The summed E-state index contributed by atoms with van der Waals surface area (Å²) >= 11 is 0. The zero-order valence-corrected chi connectivity index (χ0v) is 16.0. The van der Waals surface area contributed by atoms with E-state index in [1.807, 2.05) is 43.3 Å². The van der Waals surface area contributed by atoms with Crippen molar-refractivity contribution in [2.24, 2.45) is 0 Å². The molecule has 0 radical (unpaired) electrons. The molecule has 0 atom stereocenters. The minimum absolute atomic E-state index is 0.0722. The normalized spacial score (nSPS) is 11.4. The van der Waals surface area contributed by atoms with Gasteiger partial charge in [-0.05, 0) is 35.9 Å². The Morgan fingerprint density at radius 2 is 1.85 bits per heavy atom. The van der Waals surface area contributed by atoms with Crippen LogP contribution >= 0.6 is 0 Å². The predicted molar refractivity (Wildman–Crippen MR) is 104 cm³/mol. The Bertz CT molecular complexity index is 821. The van der Waals surface area contributed by atoms with Crippen LogP contribution in [0.2, 0.25) is 0 Å². The van der Waals surface area contributed by atoms with E-state index in [2.05, 4.69) is 10.3 Å². The lowest BCUT2D eigenvalue weighted by molar-refractivity contribution is -0.116. The number of nitrogens with one attached hydrogen (secondary N) is 1. The number of nitrogens with zero attached hydrogens (tertiary/aromatic N) is 3. The molecular formula is C18H24N4O3S. The van der Waals surface area contributed by atoms with Gasteiger partial charge in [-0.1, -0.05) is 6.07 Å². The van der Waals surface area contributed by atoms with Crippen molar-refractivity contribution < 1.29 is 13.2 Å². The quantitative estimate of drug-likeness (QED) is 0.761. The van der Waals surface area contributed by atoms with E-state index in [1.165, 1.54) is 4.31 Å². The molecule has 1 amide bonds. The highest BCUT2D eigenvalue weighted by Crippen LogP contribution is 2.16. The van der Waals surface area contributed by atoms with Gasteiger partial charge in [0.1, 0.15) is 0 Å². The van der Waals surface area contributed by atoms with Crippen molar-refractivity contribution in [1.82, 2.24) is 9.29 Å². The summed E-state index contributed by atoms with van der Waals surface area (Å²) in [4.78, 5) is 18.1. The first-order valence-corrected chi connectivity index (χ1v) is 10.0. The van der Waals surface area contributed by atoms with E-state index >= 15 is 0 Å². The van der Waals surface area contributed by atoms with Gasteiger partial charge in [0.2, 0.25) is 15.9 Å². The number of hydrogen-bond donors (Lipinski definition) is 1. The zero-order chi connectivity index (χ0) is 19.2. The maximum atomic E-state index is 12.2. The molecule has 0 bridgehead atoms. The SMILES string of the molecule is CN(C)c1ccc(NC(=O)CCN(Cc2cccnc2)S(C)(=O)=O)cc1. The van der Waals surface area contributed by atoms with Crippen molar-refractivity contribution >= 4 is 27.3 Å². The second-order valence-electron chi connectivity index (χ2n) is 6.20. The summed E-state index contributed by atoms with van der Waals surface area (Å²) in [6.07, 6.45) is 4.46. The van der Waals surface area contributed by atoms with E-state index in [4.69, 9.17) is 0 Å². The van der Waals surface area contributed by atoms with E-state index in [-0.39, 0.29) is 25.4 Å². The zero-order valence-electron chi connectivity index (χ0n) is 15.2. The Labute approximate surface area is 154 Å². The highest BCUT2D eigenvalue weighted by atomic mass is 32.2. The highest BCUT2D eigenvalue weighted by Gasteiger charge is 2.18. The largest absolute Gasteiger partial charge is 0.378 e. The third-order valence-corrected chi connectivity index (χ3v) is 5.06. The average Bonchev–Trinajstić information content (AvgIpc) is 2.59. The number of hydrogen-bond acceptors (Lipinski definition) is 5. The van der Waals surface area contributed by atoms with Crippen molar-refractivity contribution in [3.63, 3.8) is 0 Å². The maximum Gasteiger partial charge on any atom is 0.225 e. The van der Waals surface area contributed by atoms with Gasteiger partial charge in [-0.25, -0.2) is 8.42 Å². The monoisotopic (exact) mass is 376 g/mol. The molecule has 0 aliphatic rings. The van der Waals surface area contributed by atoms with Crippen LogP contribution in [0.15, 0.2) is 48.8 Å². The molecule has 0 aliphatic heterocycles. The first-order valence-electron chi connectivity index (χ1n) is 8.17. The van der Waals surface area contributed by atoms with Crippen LogP contribution in [0.5, 0.6) is 0 Å². The molecule has 1 aromatic carbocycles. The van der Waals surface area contributed by atoms with Crippen molar-refractivity contribution in [3.05, 3.63) is 54.4 Å². The fourth-order valence-electron chi connectivity index (χ4n) is 2.35. The summed E-state index contributed by atoms with van der Waals surface area (Å²) in [5, 5.41) is 2.79. The number of amides is 1. The fraction of sp³-hybridized carbons (Fsp3) is 0.333. The molecule has 8 heteroatoms. The lowest BCUT2D eigenvalue weighted by Crippen LogP contribution is -2.32. The minimum atomic E-state index is -3.43. The molecule has 0 aliphatic carbocycles. The Morgan fingerprint density at radius 1 is 1.15 bits per heavy atom. The Morgan fingerprint density at radius 3 is 2.38 bits per heavy atom. The molecule has 26 heavy (non-hydrogen) atoms. The third kappa shape index (κ3) is 6.12. The molecule has 0 fully saturated rings. The highest BCUT2D eigenvalue weighted by molar-refractivity contribution is 7.88. The van der Waals surface area contributed by atoms with E-state index < -0.39 is 10.0 Å². The molecule has 1 heterocycles. The lowest BCUT2D eigenvalue weighted by atomic mass is 10.2. The second kappa shape index (κ2) is 8.77. The Hall–Kier alpha value is -2.45. The van der Waals surface area contributed by atoms with Gasteiger partial charge < -0.3 is 10.2 Å². The van der Waals surface area contributed by atoms with Crippen LogP contribution in [0, 0.1) is 0 Å². The Kier molecular flexibility index (Phi) is 6.70. The topological polar surface area (TPSA) is 82.6 Å². The van der Waals surface area contributed by atoms with Crippen LogP contribution in [0.1, 0.15) is 12.0 Å². The standard InChI is InChI=1S/C18H24N4O3S/c1-21(2)17-8-6-16(7-9-17)20-18(23)10-12-22(26(3,24)25)14-15-5-4-11-19-13-15/h4-9,11,13H,10,12,14H2,1-3H3,(H,20,23). The van der Waals surface area contributed by atoms with Crippen molar-refractivity contribution in [2.75, 3.05) is 37.1 Å². The number of sulfonamides is 1. The first kappa shape index (κ1) is 19.9. The summed E-state index contributed by atoms with van der Waals surface area (Å²) in [6, 6.07) is 11.0. The van der Waals surface area contributed by atoms with Gasteiger partial charge in [-0.2, -0.15) is 4.31 Å². The molecule has 2 aromatic rings. The summed E-state index contributed by atoms with van der Waals surface area (Å²) < 4.78 is 25.2. The van der Waals surface area contributed by atoms with E-state index in [1.54, 1.807) is 24.5 Å². The number of carbonyl (C=O) groups excluding carboxylic acids is 1. The van der Waals surface area contributed by atoms with Gasteiger partial charge in [0.15, 0.2) is 0 Å². The van der Waals surface area contributed by atoms with Gasteiger partial charge in [0.25, 0.3) is 0 Å². The predicted octanol–water partition coefficient (Wildman–Crippen LogP) is 1.94. The summed E-state index contributed by atoms with van der Waals surface area (Å²) in [5.74, 6) is -0.234. The van der Waals surface area contributed by atoms with Gasteiger partial charge in [0.05, 0.1) is 6.26 Å². The molecule has 140 valence electrons. The number of carbonyl (C=O) groups is 1. The number of pyridine rings is 1. The van der Waals surface area contributed by atoms with E-state index in [0.29, 0.717) is 5.69 Å². The number of aromatic nitrogens is 1. The van der Waals surface area contributed by atoms with Crippen molar-refractivity contribution in [2.45, 2.75) is 13.0 Å². The van der Waals surface area contributed by atoms with Gasteiger partial charge >= 0.3 is 0 Å². The molecule has 1 N–H and O–H groups in total. The molecule has 0 saturated heterocycles. The lowest BCUT2D eigenvalue weighted by Gasteiger charge is -2.19. The van der Waals surface area contributed by atoms with Crippen LogP contribution in [0.25, 0.3) is 0 Å². The van der Waals surface area contributed by atoms with Gasteiger partial charge in [-0.3, -0.25) is 9.78 Å². The fourth-order valence-corrected chi connectivity index (χ4v) is 3.16. The van der Waals surface area contributed by atoms with Crippen LogP contribution in [0.3, 0.4) is 0 Å². The van der Waals surface area contributed by atoms with E-state index in [0.717, 1.165) is 17.5 Å². The average molecular weight is 376 g/mol. The van der Waals surface area contributed by atoms with Crippen LogP contribution in [-0.4, -0.2) is 50.5 Å². The number of rotatable bonds is 8. The summed E-state index contributed by atoms with van der Waals surface area (Å²) in [5.41, 5.74) is 2.49. The molecule has 0 unspecified atom stereocenters. The number of benzene rings is 1. The molecule has 2 rings (SSSR count). The Balaban J connectivity index is 1.94. The molecular weight excluding hydrogens is 352 g/mol. The second-order valence-corrected chi connectivity index (χ2v) is 8.18. The number of anilines is 2.